The first-order valence-corrected chi connectivity index (χ1v) is 7.55. The molecule has 20 heavy (non-hydrogen) atoms. The highest BCUT2D eigenvalue weighted by atomic mass is 16.4. The summed E-state index contributed by atoms with van der Waals surface area (Å²) in [6.07, 6.45) is 3.57. The zero-order valence-corrected chi connectivity index (χ0v) is 12.5. The molecule has 0 bridgehead atoms. The second kappa shape index (κ2) is 6.43. The maximum Gasteiger partial charge on any atom is 0.233 e. The molecule has 6 nitrogen and oxygen atoms in total. The Balaban J connectivity index is 1.98. The quantitative estimate of drug-likeness (QED) is 0.344. The molecule has 0 aromatic heterocycles. The average Bonchev–Trinajstić information content (AvgIpc) is 3.08. The first-order valence-electron chi connectivity index (χ1n) is 7.55. The summed E-state index contributed by atoms with van der Waals surface area (Å²) in [4.78, 5) is 17.0. The number of nitrogens with two attached hydrogens (primary N) is 1. The van der Waals surface area contributed by atoms with Gasteiger partial charge < -0.3 is 15.8 Å². The predicted molar refractivity (Wildman–Crippen MR) is 77.5 cm³/mol. The van der Waals surface area contributed by atoms with Crippen molar-refractivity contribution in [3.05, 3.63) is 0 Å². The molecule has 0 aromatic rings. The maximum atomic E-state index is 12.6. The monoisotopic (exact) mass is 282 g/mol. The Hall–Kier alpha value is -1.30. The lowest BCUT2D eigenvalue weighted by molar-refractivity contribution is -0.133. The van der Waals surface area contributed by atoms with Crippen molar-refractivity contribution < 1.29 is 10.0 Å². The van der Waals surface area contributed by atoms with Crippen LogP contribution in [0.3, 0.4) is 0 Å². The SMILES string of the molecule is CC(C)C(C(=O)N1CCC(N2CCCC2)C1)C(N)=NO. The number of likely N-dealkylation sites (tertiary alicyclic amines) is 2. The highest BCUT2D eigenvalue weighted by Crippen LogP contribution is 2.23. The molecule has 1 amide bonds. The molecule has 0 spiro atoms. The summed E-state index contributed by atoms with van der Waals surface area (Å²) in [6, 6.07) is 0.488. The third-order valence-corrected chi connectivity index (χ3v) is 4.50. The molecule has 0 saturated carbocycles. The molecule has 2 unspecified atom stereocenters. The fourth-order valence-electron chi connectivity index (χ4n) is 3.36. The van der Waals surface area contributed by atoms with Crippen LogP contribution < -0.4 is 5.73 Å². The summed E-state index contributed by atoms with van der Waals surface area (Å²) in [6.45, 7) is 7.72. The molecule has 2 saturated heterocycles. The van der Waals surface area contributed by atoms with E-state index in [4.69, 9.17) is 10.9 Å². The topological polar surface area (TPSA) is 82.2 Å². The van der Waals surface area contributed by atoms with Crippen LogP contribution in [0.4, 0.5) is 0 Å². The van der Waals surface area contributed by atoms with Crippen molar-refractivity contribution in [2.24, 2.45) is 22.7 Å². The van der Waals surface area contributed by atoms with E-state index in [1.54, 1.807) is 0 Å². The van der Waals surface area contributed by atoms with Crippen LogP contribution in [0.1, 0.15) is 33.1 Å². The van der Waals surface area contributed by atoms with Gasteiger partial charge in [0.15, 0.2) is 5.84 Å². The lowest BCUT2D eigenvalue weighted by Gasteiger charge is -2.27. The molecule has 2 fully saturated rings. The number of nitrogens with zero attached hydrogens (tertiary/aromatic N) is 3. The number of amides is 1. The van der Waals surface area contributed by atoms with Gasteiger partial charge in [0.05, 0.1) is 0 Å². The summed E-state index contributed by atoms with van der Waals surface area (Å²) in [5.41, 5.74) is 5.69. The second-order valence-corrected chi connectivity index (χ2v) is 6.22. The van der Waals surface area contributed by atoms with Crippen LogP contribution in [0.5, 0.6) is 0 Å². The number of hydrogen-bond acceptors (Lipinski definition) is 4. The van der Waals surface area contributed by atoms with Crippen molar-refractivity contribution in [1.29, 1.82) is 0 Å². The van der Waals surface area contributed by atoms with E-state index < -0.39 is 5.92 Å². The van der Waals surface area contributed by atoms with E-state index in [0.717, 1.165) is 32.6 Å². The van der Waals surface area contributed by atoms with E-state index in [-0.39, 0.29) is 17.7 Å². The van der Waals surface area contributed by atoms with Gasteiger partial charge in [-0.1, -0.05) is 19.0 Å². The van der Waals surface area contributed by atoms with Crippen molar-refractivity contribution in [2.75, 3.05) is 26.2 Å². The van der Waals surface area contributed by atoms with Crippen molar-refractivity contribution >= 4 is 11.7 Å². The smallest absolute Gasteiger partial charge is 0.233 e. The average molecular weight is 282 g/mol. The summed E-state index contributed by atoms with van der Waals surface area (Å²) in [5, 5.41) is 11.9. The summed E-state index contributed by atoms with van der Waals surface area (Å²) in [7, 11) is 0. The highest BCUT2D eigenvalue weighted by molar-refractivity contribution is 6.02. The van der Waals surface area contributed by atoms with Crippen molar-refractivity contribution in [3.63, 3.8) is 0 Å². The van der Waals surface area contributed by atoms with Gasteiger partial charge in [0.25, 0.3) is 0 Å². The minimum atomic E-state index is -0.516. The molecule has 0 aromatic carbocycles. The highest BCUT2D eigenvalue weighted by Gasteiger charge is 2.36. The molecule has 114 valence electrons. The van der Waals surface area contributed by atoms with Gasteiger partial charge in [-0.05, 0) is 38.3 Å². The maximum absolute atomic E-state index is 12.6. The number of oxime groups is 1. The Bertz CT molecular complexity index is 377. The first-order chi connectivity index (χ1) is 9.54. The zero-order valence-electron chi connectivity index (χ0n) is 12.5. The number of rotatable bonds is 4. The fraction of sp³-hybridized carbons (Fsp3) is 0.857. The third-order valence-electron chi connectivity index (χ3n) is 4.50. The van der Waals surface area contributed by atoms with Crippen molar-refractivity contribution in [3.8, 4) is 0 Å². The minimum Gasteiger partial charge on any atom is -0.409 e. The Kier molecular flexibility index (Phi) is 4.86. The van der Waals surface area contributed by atoms with E-state index in [1.807, 2.05) is 18.7 Å². The van der Waals surface area contributed by atoms with Gasteiger partial charge in [-0.2, -0.15) is 0 Å². The molecular weight excluding hydrogens is 256 g/mol. The molecule has 2 rings (SSSR count). The molecule has 2 atom stereocenters. The Labute approximate surface area is 120 Å². The summed E-state index contributed by atoms with van der Waals surface area (Å²) in [5.74, 6) is -0.465. The predicted octanol–water partition coefficient (Wildman–Crippen LogP) is 0.702. The van der Waals surface area contributed by atoms with Crippen LogP contribution >= 0.6 is 0 Å². The van der Waals surface area contributed by atoms with E-state index in [2.05, 4.69) is 10.1 Å². The first kappa shape index (κ1) is 15.1. The number of carbonyl (C=O) groups is 1. The van der Waals surface area contributed by atoms with E-state index in [0.29, 0.717) is 6.04 Å². The lowest BCUT2D eigenvalue weighted by atomic mass is 9.93. The van der Waals surface area contributed by atoms with Crippen LogP contribution in [0.15, 0.2) is 5.16 Å². The van der Waals surface area contributed by atoms with Crippen molar-refractivity contribution in [1.82, 2.24) is 9.80 Å². The lowest BCUT2D eigenvalue weighted by Crippen LogP contribution is -2.45. The van der Waals surface area contributed by atoms with Gasteiger partial charge in [0.2, 0.25) is 5.91 Å². The molecular formula is C14H26N4O2. The summed E-state index contributed by atoms with van der Waals surface area (Å²) < 4.78 is 0. The summed E-state index contributed by atoms with van der Waals surface area (Å²) >= 11 is 0. The number of amidine groups is 1. The van der Waals surface area contributed by atoms with Gasteiger partial charge in [0, 0.05) is 19.1 Å². The van der Waals surface area contributed by atoms with Gasteiger partial charge in [-0.15, -0.1) is 0 Å². The standard InChI is InChI=1S/C14H26N4O2/c1-10(2)12(13(15)16-20)14(19)18-8-5-11(9-18)17-6-3-4-7-17/h10-12,20H,3-9H2,1-2H3,(H2,15,16). The number of hydrogen-bond donors (Lipinski definition) is 2. The molecule has 0 radical (unpaired) electrons. The van der Waals surface area contributed by atoms with Gasteiger partial charge >= 0.3 is 0 Å². The third kappa shape index (κ3) is 3.06. The van der Waals surface area contributed by atoms with Gasteiger partial charge in [0.1, 0.15) is 5.92 Å². The molecule has 2 aliphatic rings. The Morgan fingerprint density at radius 3 is 2.50 bits per heavy atom. The van der Waals surface area contributed by atoms with Crippen LogP contribution in [0.25, 0.3) is 0 Å². The minimum absolute atomic E-state index is 0.00278. The van der Waals surface area contributed by atoms with Crippen LogP contribution in [-0.4, -0.2) is 59.0 Å². The van der Waals surface area contributed by atoms with Crippen LogP contribution in [0, 0.1) is 11.8 Å². The van der Waals surface area contributed by atoms with E-state index in [1.165, 1.54) is 12.8 Å². The van der Waals surface area contributed by atoms with Crippen LogP contribution in [-0.2, 0) is 4.79 Å². The molecule has 2 aliphatic heterocycles. The largest absolute Gasteiger partial charge is 0.409 e. The van der Waals surface area contributed by atoms with E-state index in [9.17, 15) is 4.79 Å². The van der Waals surface area contributed by atoms with Crippen LogP contribution in [0.2, 0.25) is 0 Å². The second-order valence-electron chi connectivity index (χ2n) is 6.22. The Morgan fingerprint density at radius 1 is 1.30 bits per heavy atom. The normalized spacial score (nSPS) is 26.4. The van der Waals surface area contributed by atoms with Crippen molar-refractivity contribution in [2.45, 2.75) is 39.2 Å². The number of carbonyl (C=O) groups excluding carboxylic acids is 1. The Morgan fingerprint density at radius 2 is 1.95 bits per heavy atom. The van der Waals surface area contributed by atoms with Gasteiger partial charge in [-0.3, -0.25) is 9.69 Å². The van der Waals surface area contributed by atoms with E-state index >= 15 is 0 Å². The molecule has 2 heterocycles. The zero-order chi connectivity index (χ0) is 14.7. The molecule has 3 N–H and O–H groups in total. The molecule has 6 heteroatoms. The fourth-order valence-corrected chi connectivity index (χ4v) is 3.36. The molecule has 0 aliphatic carbocycles. The van der Waals surface area contributed by atoms with Gasteiger partial charge in [-0.25, -0.2) is 0 Å².